The Bertz CT molecular complexity index is 767. The van der Waals surface area contributed by atoms with Gasteiger partial charge < -0.3 is 10.5 Å². The van der Waals surface area contributed by atoms with Crippen LogP contribution < -0.4 is 11.2 Å². The lowest BCUT2D eigenvalue weighted by Gasteiger charge is -2.61. The molecule has 0 aromatic rings. The minimum atomic E-state index is -0.585. The predicted octanol–water partition coefficient (Wildman–Crippen LogP) is 5.26. The van der Waals surface area contributed by atoms with Crippen molar-refractivity contribution >= 4 is 17.7 Å². The largest absolute Gasteiger partial charge is 0.469 e. The summed E-state index contributed by atoms with van der Waals surface area (Å²) in [7, 11) is 1.46. The number of nitrogens with one attached hydrogen (secondary N) is 1. The van der Waals surface area contributed by atoms with Crippen molar-refractivity contribution in [2.75, 3.05) is 7.11 Å². The van der Waals surface area contributed by atoms with Crippen LogP contribution in [0.4, 0.5) is 4.79 Å². The topological polar surface area (TPSA) is 93.8 Å². The van der Waals surface area contributed by atoms with E-state index >= 15 is 0 Å². The maximum atomic E-state index is 11.8. The van der Waals surface area contributed by atoms with Crippen LogP contribution in [0.1, 0.15) is 91.4 Å². The first-order chi connectivity index (χ1) is 15.2. The van der Waals surface area contributed by atoms with Gasteiger partial charge in [0.2, 0.25) is 0 Å². The second-order valence-electron chi connectivity index (χ2n) is 11.7. The standard InChI is InChI=1S/C26H43N3O3/c1-16(8-13-23(30)32-4)19-11-12-20-18-10-9-17-7-5-6-14-25(17,2)21(18)15-22(26(19,20)3)28-29-24(27)31/h16-21H,5-15H2,1-4H3,(H3,27,29,31)/b28-22-/t16-,17-,18-,19+,20+,21-,25-,26+/m0/s1. The van der Waals surface area contributed by atoms with Crippen molar-refractivity contribution in [2.24, 2.45) is 57.2 Å². The predicted molar refractivity (Wildman–Crippen MR) is 126 cm³/mol. The second-order valence-corrected chi connectivity index (χ2v) is 11.7. The van der Waals surface area contributed by atoms with E-state index in [0.29, 0.717) is 35.5 Å². The zero-order valence-electron chi connectivity index (χ0n) is 20.5. The molecule has 0 unspecified atom stereocenters. The molecule has 180 valence electrons. The molecule has 6 heteroatoms. The van der Waals surface area contributed by atoms with Crippen LogP contribution in [0.2, 0.25) is 0 Å². The summed E-state index contributed by atoms with van der Waals surface area (Å²) in [5, 5.41) is 4.70. The number of rotatable bonds is 5. The quantitative estimate of drug-likeness (QED) is 0.446. The molecule has 4 rings (SSSR count). The van der Waals surface area contributed by atoms with Crippen LogP contribution in [0, 0.1) is 46.3 Å². The number of hydrogen-bond acceptors (Lipinski definition) is 4. The number of nitrogens with two attached hydrogens (primary N) is 1. The maximum absolute atomic E-state index is 11.8. The van der Waals surface area contributed by atoms with Crippen molar-refractivity contribution in [3.05, 3.63) is 0 Å². The molecule has 0 heterocycles. The lowest BCUT2D eigenvalue weighted by molar-refractivity contribution is -0.141. The summed E-state index contributed by atoms with van der Waals surface area (Å²) < 4.78 is 4.89. The summed E-state index contributed by atoms with van der Waals surface area (Å²) in [5.74, 6) is 3.56. The molecule has 4 fully saturated rings. The van der Waals surface area contributed by atoms with Gasteiger partial charge in [-0.15, -0.1) is 0 Å². The highest BCUT2D eigenvalue weighted by molar-refractivity contribution is 5.93. The van der Waals surface area contributed by atoms with Gasteiger partial charge in [-0.3, -0.25) is 4.79 Å². The molecule has 0 radical (unpaired) electrons. The summed E-state index contributed by atoms with van der Waals surface area (Å²) in [6.45, 7) is 7.24. The number of fused-ring (bicyclic) bond motifs is 5. The van der Waals surface area contributed by atoms with Crippen molar-refractivity contribution in [1.29, 1.82) is 0 Å². The Hall–Kier alpha value is -1.59. The van der Waals surface area contributed by atoms with Crippen molar-refractivity contribution in [3.8, 4) is 0 Å². The fraction of sp³-hybridized carbons (Fsp3) is 0.885. The molecule has 0 bridgehead atoms. The third-order valence-corrected chi connectivity index (χ3v) is 10.6. The first-order valence-electron chi connectivity index (χ1n) is 12.9. The number of primary amides is 1. The van der Waals surface area contributed by atoms with E-state index in [0.717, 1.165) is 30.4 Å². The van der Waals surface area contributed by atoms with Gasteiger partial charge in [-0.2, -0.15) is 5.10 Å². The van der Waals surface area contributed by atoms with E-state index in [-0.39, 0.29) is 11.4 Å². The van der Waals surface area contributed by atoms with Crippen molar-refractivity contribution in [3.63, 3.8) is 0 Å². The van der Waals surface area contributed by atoms with Gasteiger partial charge in [-0.25, -0.2) is 10.2 Å². The molecule has 0 saturated heterocycles. The molecular formula is C26H43N3O3. The van der Waals surface area contributed by atoms with Gasteiger partial charge in [0.1, 0.15) is 0 Å². The monoisotopic (exact) mass is 445 g/mol. The van der Waals surface area contributed by atoms with E-state index in [4.69, 9.17) is 15.6 Å². The Morgan fingerprint density at radius 3 is 2.66 bits per heavy atom. The summed E-state index contributed by atoms with van der Waals surface area (Å²) in [4.78, 5) is 23.4. The third-order valence-electron chi connectivity index (χ3n) is 10.6. The molecule has 3 N–H and O–H groups in total. The van der Waals surface area contributed by atoms with Gasteiger partial charge >= 0.3 is 12.0 Å². The molecule has 32 heavy (non-hydrogen) atoms. The molecule has 0 aliphatic heterocycles. The third kappa shape index (κ3) is 3.86. The van der Waals surface area contributed by atoms with Gasteiger partial charge in [0.05, 0.1) is 7.11 Å². The van der Waals surface area contributed by atoms with Gasteiger partial charge in [0, 0.05) is 17.5 Å². The lowest BCUT2D eigenvalue weighted by Crippen LogP contribution is -2.57. The van der Waals surface area contributed by atoms with Crippen LogP contribution in [0.25, 0.3) is 0 Å². The summed E-state index contributed by atoms with van der Waals surface area (Å²) in [5.41, 5.74) is 9.54. The van der Waals surface area contributed by atoms with E-state index in [1.54, 1.807) is 0 Å². The molecule has 4 saturated carbocycles. The average molecular weight is 446 g/mol. The van der Waals surface area contributed by atoms with Crippen LogP contribution >= 0.6 is 0 Å². The van der Waals surface area contributed by atoms with Gasteiger partial charge in [0.25, 0.3) is 0 Å². The zero-order valence-corrected chi connectivity index (χ0v) is 20.5. The summed E-state index contributed by atoms with van der Waals surface area (Å²) >= 11 is 0. The van der Waals surface area contributed by atoms with Gasteiger partial charge in [0.15, 0.2) is 0 Å². The molecule has 2 amide bonds. The highest BCUT2D eigenvalue weighted by atomic mass is 16.5. The molecule has 6 nitrogen and oxygen atoms in total. The van der Waals surface area contributed by atoms with Crippen molar-refractivity contribution in [1.82, 2.24) is 5.43 Å². The lowest BCUT2D eigenvalue weighted by atomic mass is 9.44. The minimum Gasteiger partial charge on any atom is -0.469 e. The molecule has 0 spiro atoms. The number of carbonyl (C=O) groups is 2. The second kappa shape index (κ2) is 8.98. The Morgan fingerprint density at radius 1 is 1.16 bits per heavy atom. The Kier molecular flexibility index (Phi) is 6.61. The molecule has 8 atom stereocenters. The number of methoxy groups -OCH3 is 1. The van der Waals surface area contributed by atoms with Crippen molar-refractivity contribution < 1.29 is 14.3 Å². The molecule has 4 aliphatic carbocycles. The normalized spacial score (nSPS) is 43.0. The Labute approximate surface area is 193 Å². The zero-order chi connectivity index (χ0) is 23.1. The number of ether oxygens (including phenoxy) is 1. The number of hydrazone groups is 1. The van der Waals surface area contributed by atoms with E-state index in [2.05, 4.69) is 26.2 Å². The Balaban J connectivity index is 1.65. The number of amides is 2. The highest BCUT2D eigenvalue weighted by Gasteiger charge is 2.62. The maximum Gasteiger partial charge on any atom is 0.332 e. The fourth-order valence-corrected chi connectivity index (χ4v) is 8.90. The Morgan fingerprint density at radius 2 is 1.94 bits per heavy atom. The highest BCUT2D eigenvalue weighted by Crippen LogP contribution is 2.67. The molecule has 0 aromatic heterocycles. The van der Waals surface area contributed by atoms with E-state index in [9.17, 15) is 9.59 Å². The number of esters is 1. The first-order valence-corrected chi connectivity index (χ1v) is 12.9. The van der Waals surface area contributed by atoms with Gasteiger partial charge in [-0.05, 0) is 92.3 Å². The first kappa shape index (κ1) is 23.6. The number of nitrogens with zero attached hydrogens (tertiary/aromatic N) is 1. The number of carbonyl (C=O) groups excluding carboxylic acids is 2. The van der Waals surface area contributed by atoms with Crippen LogP contribution in [-0.2, 0) is 9.53 Å². The van der Waals surface area contributed by atoms with Crippen LogP contribution in [0.15, 0.2) is 5.10 Å². The summed E-state index contributed by atoms with van der Waals surface area (Å²) in [6, 6.07) is -0.585. The fourth-order valence-electron chi connectivity index (χ4n) is 8.90. The van der Waals surface area contributed by atoms with E-state index in [1.165, 1.54) is 58.5 Å². The van der Waals surface area contributed by atoms with Crippen LogP contribution in [-0.4, -0.2) is 24.8 Å². The molecular weight excluding hydrogens is 402 g/mol. The van der Waals surface area contributed by atoms with E-state index < -0.39 is 6.03 Å². The molecule has 0 aromatic carbocycles. The number of hydrogen-bond donors (Lipinski definition) is 2. The van der Waals surface area contributed by atoms with Crippen molar-refractivity contribution in [2.45, 2.75) is 91.4 Å². The van der Waals surface area contributed by atoms with Crippen LogP contribution in [0.5, 0.6) is 0 Å². The number of urea groups is 1. The molecule has 4 aliphatic rings. The SMILES string of the molecule is COC(=O)CC[C@H](C)[C@H]1CC[C@@H]2[C@@H]3CC[C@@H]4CCCC[C@]4(C)[C@H]3C/C(=N/NC(N)=O)[C@@]21C. The van der Waals surface area contributed by atoms with Gasteiger partial charge in [-0.1, -0.05) is 33.6 Å². The summed E-state index contributed by atoms with van der Waals surface area (Å²) in [6.07, 6.45) is 12.8. The smallest absolute Gasteiger partial charge is 0.332 e. The minimum absolute atomic E-state index is 0.0446. The van der Waals surface area contributed by atoms with E-state index in [1.807, 2.05) is 0 Å². The average Bonchev–Trinajstić information content (AvgIpc) is 3.13. The van der Waals surface area contributed by atoms with Crippen LogP contribution in [0.3, 0.4) is 0 Å².